The maximum Gasteiger partial charge on any atom is 0.0447 e. The molecule has 3 atom stereocenters. The molecular weight excluding hydrogens is 214 g/mol. The van der Waals surface area contributed by atoms with Crippen LogP contribution in [0.2, 0.25) is 0 Å². The molecular formula is C10H15NOS2. The topological polar surface area (TPSA) is 29.1 Å². The molecule has 4 heteroatoms. The van der Waals surface area contributed by atoms with Crippen LogP contribution in [0.3, 0.4) is 0 Å². The van der Waals surface area contributed by atoms with E-state index >= 15 is 0 Å². The predicted molar refractivity (Wildman–Crippen MR) is 62.2 cm³/mol. The summed E-state index contributed by atoms with van der Waals surface area (Å²) in [6.45, 7) is 2.14. The van der Waals surface area contributed by atoms with Crippen LogP contribution < -0.4 is 5.32 Å². The van der Waals surface area contributed by atoms with Gasteiger partial charge in [0.2, 0.25) is 0 Å². The average Bonchev–Trinajstić information content (AvgIpc) is 2.69. The third kappa shape index (κ3) is 2.24. The minimum Gasteiger partial charge on any atom is -0.305 e. The van der Waals surface area contributed by atoms with Crippen molar-refractivity contribution in [1.29, 1.82) is 0 Å². The first-order valence-corrected chi connectivity index (χ1v) is 7.35. The standard InChI is InChI=1S/C10H15NOS2/c1-2-9-6-14(12)7-10(11-9)8-3-4-13-5-8/h3-5,9-11H,2,6-7H2,1H3. The molecule has 0 aromatic carbocycles. The Kier molecular flexibility index (Phi) is 3.36. The van der Waals surface area contributed by atoms with Crippen LogP contribution in [-0.2, 0) is 10.8 Å². The lowest BCUT2D eigenvalue weighted by Gasteiger charge is -2.29. The van der Waals surface area contributed by atoms with E-state index in [9.17, 15) is 4.21 Å². The van der Waals surface area contributed by atoms with Gasteiger partial charge in [0.05, 0.1) is 0 Å². The first kappa shape index (κ1) is 10.3. The predicted octanol–water partition coefficient (Wildman–Crippen LogP) is 1.92. The number of nitrogens with one attached hydrogen (secondary N) is 1. The lowest BCUT2D eigenvalue weighted by atomic mass is 10.1. The van der Waals surface area contributed by atoms with E-state index < -0.39 is 10.8 Å². The second-order valence-electron chi connectivity index (χ2n) is 3.65. The van der Waals surface area contributed by atoms with Crippen LogP contribution in [0.5, 0.6) is 0 Å². The summed E-state index contributed by atoms with van der Waals surface area (Å²) in [5.74, 6) is 1.59. The maximum atomic E-state index is 11.6. The first-order chi connectivity index (χ1) is 6.79. The van der Waals surface area contributed by atoms with E-state index in [4.69, 9.17) is 0 Å². The molecule has 0 spiro atoms. The Balaban J connectivity index is 2.09. The van der Waals surface area contributed by atoms with E-state index in [0.717, 1.165) is 17.9 Å². The van der Waals surface area contributed by atoms with Gasteiger partial charge in [-0.3, -0.25) is 4.21 Å². The molecule has 0 amide bonds. The Bertz CT molecular complexity index is 310. The summed E-state index contributed by atoms with van der Waals surface area (Å²) in [4.78, 5) is 0. The Labute approximate surface area is 91.2 Å². The smallest absolute Gasteiger partial charge is 0.0447 e. The van der Waals surface area contributed by atoms with Crippen LogP contribution >= 0.6 is 11.3 Å². The Morgan fingerprint density at radius 3 is 3.14 bits per heavy atom. The summed E-state index contributed by atoms with van der Waals surface area (Å²) in [7, 11) is -0.643. The zero-order chi connectivity index (χ0) is 9.97. The molecule has 2 nitrogen and oxygen atoms in total. The van der Waals surface area contributed by atoms with Gasteiger partial charge in [-0.25, -0.2) is 0 Å². The number of hydrogen-bond acceptors (Lipinski definition) is 3. The molecule has 0 saturated carbocycles. The highest BCUT2D eigenvalue weighted by Gasteiger charge is 2.25. The van der Waals surface area contributed by atoms with Gasteiger partial charge in [0.15, 0.2) is 0 Å². The molecule has 2 heterocycles. The fraction of sp³-hybridized carbons (Fsp3) is 0.600. The Morgan fingerprint density at radius 1 is 1.64 bits per heavy atom. The molecule has 3 unspecified atom stereocenters. The minimum atomic E-state index is -0.643. The molecule has 0 bridgehead atoms. The van der Waals surface area contributed by atoms with Crippen LogP contribution in [0.25, 0.3) is 0 Å². The van der Waals surface area contributed by atoms with Crippen LogP contribution in [0.15, 0.2) is 16.8 Å². The quantitative estimate of drug-likeness (QED) is 0.839. The zero-order valence-corrected chi connectivity index (χ0v) is 9.87. The van der Waals surface area contributed by atoms with Crippen LogP contribution in [-0.4, -0.2) is 21.8 Å². The molecule has 2 rings (SSSR count). The van der Waals surface area contributed by atoms with Crippen molar-refractivity contribution >= 4 is 22.1 Å². The summed E-state index contributed by atoms with van der Waals surface area (Å²) in [5, 5.41) is 7.77. The van der Waals surface area contributed by atoms with E-state index in [0.29, 0.717) is 12.1 Å². The summed E-state index contributed by atoms with van der Waals surface area (Å²) in [6, 6.07) is 2.85. The van der Waals surface area contributed by atoms with Gasteiger partial charge >= 0.3 is 0 Å². The average molecular weight is 229 g/mol. The number of hydrogen-bond donors (Lipinski definition) is 1. The second kappa shape index (κ2) is 4.55. The Morgan fingerprint density at radius 2 is 2.50 bits per heavy atom. The van der Waals surface area contributed by atoms with E-state index in [1.165, 1.54) is 5.56 Å². The van der Waals surface area contributed by atoms with Gasteiger partial charge in [0, 0.05) is 34.4 Å². The largest absolute Gasteiger partial charge is 0.305 e. The summed E-state index contributed by atoms with van der Waals surface area (Å²) >= 11 is 1.70. The lowest BCUT2D eigenvalue weighted by molar-refractivity contribution is 0.456. The molecule has 1 aliphatic heterocycles. The monoisotopic (exact) mass is 229 g/mol. The highest BCUT2D eigenvalue weighted by atomic mass is 32.2. The molecule has 1 aliphatic rings. The minimum absolute atomic E-state index is 0.306. The van der Waals surface area contributed by atoms with Gasteiger partial charge in [-0.1, -0.05) is 6.92 Å². The third-order valence-corrected chi connectivity index (χ3v) is 4.80. The van der Waals surface area contributed by atoms with Crippen LogP contribution in [0, 0.1) is 0 Å². The van der Waals surface area contributed by atoms with E-state index in [1.807, 2.05) is 0 Å². The van der Waals surface area contributed by atoms with Crippen molar-refractivity contribution in [2.24, 2.45) is 0 Å². The molecule has 1 aromatic heterocycles. The maximum absolute atomic E-state index is 11.6. The third-order valence-electron chi connectivity index (χ3n) is 2.61. The van der Waals surface area contributed by atoms with Crippen molar-refractivity contribution in [3.8, 4) is 0 Å². The molecule has 1 N–H and O–H groups in total. The molecule has 0 aliphatic carbocycles. The van der Waals surface area contributed by atoms with Crippen molar-refractivity contribution in [2.45, 2.75) is 25.4 Å². The normalized spacial score (nSPS) is 33.1. The van der Waals surface area contributed by atoms with Crippen molar-refractivity contribution in [2.75, 3.05) is 11.5 Å². The van der Waals surface area contributed by atoms with Gasteiger partial charge in [-0.15, -0.1) is 0 Å². The van der Waals surface area contributed by atoms with Crippen molar-refractivity contribution in [1.82, 2.24) is 5.32 Å². The summed E-state index contributed by atoms with van der Waals surface area (Å²) in [6.07, 6.45) is 1.06. The molecule has 1 fully saturated rings. The summed E-state index contributed by atoms with van der Waals surface area (Å²) < 4.78 is 11.6. The van der Waals surface area contributed by atoms with Crippen molar-refractivity contribution < 1.29 is 4.21 Å². The van der Waals surface area contributed by atoms with E-state index in [1.54, 1.807) is 11.3 Å². The fourth-order valence-corrected chi connectivity index (χ4v) is 4.05. The van der Waals surface area contributed by atoms with Crippen molar-refractivity contribution in [3.63, 3.8) is 0 Å². The molecule has 14 heavy (non-hydrogen) atoms. The fourth-order valence-electron chi connectivity index (χ4n) is 1.76. The highest BCUT2D eigenvalue weighted by molar-refractivity contribution is 7.85. The Hall–Kier alpha value is -0.190. The first-order valence-electron chi connectivity index (χ1n) is 4.92. The van der Waals surface area contributed by atoms with Gasteiger partial charge in [-0.05, 0) is 28.8 Å². The zero-order valence-electron chi connectivity index (χ0n) is 8.23. The van der Waals surface area contributed by atoms with Gasteiger partial charge in [-0.2, -0.15) is 11.3 Å². The van der Waals surface area contributed by atoms with Gasteiger partial charge in [0.1, 0.15) is 0 Å². The van der Waals surface area contributed by atoms with Crippen molar-refractivity contribution in [3.05, 3.63) is 22.4 Å². The molecule has 1 aromatic rings. The second-order valence-corrected chi connectivity index (χ2v) is 5.98. The highest BCUT2D eigenvalue weighted by Crippen LogP contribution is 2.22. The molecule has 1 saturated heterocycles. The van der Waals surface area contributed by atoms with Crippen LogP contribution in [0.1, 0.15) is 24.9 Å². The molecule has 78 valence electrons. The van der Waals surface area contributed by atoms with Gasteiger partial charge in [0.25, 0.3) is 0 Å². The number of thiophene rings is 1. The molecule has 0 radical (unpaired) electrons. The summed E-state index contributed by atoms with van der Waals surface area (Å²) in [5.41, 5.74) is 1.29. The van der Waals surface area contributed by atoms with Gasteiger partial charge < -0.3 is 5.32 Å². The van der Waals surface area contributed by atoms with E-state index in [2.05, 4.69) is 29.1 Å². The lowest BCUT2D eigenvalue weighted by Crippen LogP contribution is -2.44. The SMILES string of the molecule is CCC1CS(=O)CC(c2ccsc2)N1. The number of rotatable bonds is 2. The van der Waals surface area contributed by atoms with E-state index in [-0.39, 0.29) is 0 Å². The van der Waals surface area contributed by atoms with Crippen LogP contribution in [0.4, 0.5) is 0 Å².